The van der Waals surface area contributed by atoms with Crippen LogP contribution in [-0.4, -0.2) is 107 Å². The lowest BCUT2D eigenvalue weighted by Crippen LogP contribution is -2.39. The maximum atomic E-state index is 12.4. The van der Waals surface area contributed by atoms with Gasteiger partial charge in [-0.2, -0.15) is 84.3 Å². The van der Waals surface area contributed by atoms with E-state index in [4.69, 9.17) is 0 Å². The van der Waals surface area contributed by atoms with Crippen LogP contribution in [0.2, 0.25) is 0 Å². The third-order valence-corrected chi connectivity index (χ3v) is 13.8. The van der Waals surface area contributed by atoms with E-state index in [1.807, 2.05) is 0 Å². The maximum absolute atomic E-state index is 12.4. The van der Waals surface area contributed by atoms with E-state index < -0.39 is 75.3 Å². The Hall–Kier alpha value is -9.33. The normalized spacial score (nSPS) is 12.5. The van der Waals surface area contributed by atoms with Gasteiger partial charge in [0.1, 0.15) is 34.3 Å². The number of anilines is 5. The minimum absolute atomic E-state index is 0.0414. The molecule has 0 amide bonds. The Bertz CT molecular complexity index is 3890. The fraction of sp³-hybridized carbons (Fsp3) is 0.0889. The van der Waals surface area contributed by atoms with Gasteiger partial charge < -0.3 is 20.8 Å². The number of hydrogen-bond donors (Lipinski definition) is 9. The molecular formula is C45H39N15O16S4. The van der Waals surface area contributed by atoms with E-state index in [0.29, 0.717) is 22.5 Å². The predicted molar refractivity (Wildman–Crippen MR) is 281 cm³/mol. The number of carboxylic acids is 2. The van der Waals surface area contributed by atoms with Gasteiger partial charge in [-0.1, -0.05) is 0 Å². The summed E-state index contributed by atoms with van der Waals surface area (Å²) in [7, 11) is -18.7. The van der Waals surface area contributed by atoms with Crippen molar-refractivity contribution in [1.82, 2.24) is 20.0 Å². The van der Waals surface area contributed by atoms with E-state index in [1.165, 1.54) is 72.8 Å². The molecule has 1 aromatic heterocycles. The van der Waals surface area contributed by atoms with Gasteiger partial charge in [-0.25, -0.2) is 0 Å². The van der Waals surface area contributed by atoms with Gasteiger partial charge in [0.05, 0.1) is 43.9 Å². The van der Waals surface area contributed by atoms with Crippen LogP contribution >= 0.6 is 0 Å². The number of nitrogens with one attached hydrogen (secondary N) is 3. The van der Waals surface area contributed by atoms with Crippen molar-refractivity contribution in [1.29, 1.82) is 0 Å². The number of azo groups is 4. The molecule has 0 bridgehead atoms. The van der Waals surface area contributed by atoms with E-state index in [1.54, 1.807) is 26.0 Å². The summed E-state index contributed by atoms with van der Waals surface area (Å²) in [6.45, 7) is 1.66. The molecule has 414 valence electrons. The monoisotopic (exact) mass is 1170 g/mol. The van der Waals surface area contributed by atoms with Crippen LogP contribution in [0.3, 0.4) is 0 Å². The first kappa shape index (κ1) is 58.4. The van der Waals surface area contributed by atoms with E-state index in [2.05, 4.69) is 71.9 Å². The molecule has 7 rings (SSSR count). The van der Waals surface area contributed by atoms with Crippen molar-refractivity contribution in [3.8, 4) is 0 Å². The number of nitrogens with zero attached hydrogens (tertiary/aromatic N) is 12. The first-order valence-electron chi connectivity index (χ1n) is 22.1. The second-order valence-corrected chi connectivity index (χ2v) is 21.9. The van der Waals surface area contributed by atoms with Crippen LogP contribution in [0.25, 0.3) is 0 Å². The number of hydrazine groups is 1. The Morgan fingerprint density at radius 1 is 0.425 bits per heavy atom. The zero-order chi connectivity index (χ0) is 58.2. The molecule has 0 saturated carbocycles. The highest BCUT2D eigenvalue weighted by molar-refractivity contribution is 7.86. The highest BCUT2D eigenvalue weighted by Crippen LogP contribution is 2.35. The molecule has 6 aromatic carbocycles. The van der Waals surface area contributed by atoms with Gasteiger partial charge >= 0.3 is 11.9 Å². The van der Waals surface area contributed by atoms with Crippen molar-refractivity contribution in [2.24, 2.45) is 40.9 Å². The maximum Gasteiger partial charge on any atom is 0.319 e. The van der Waals surface area contributed by atoms with Gasteiger partial charge in [0.25, 0.3) is 40.5 Å². The molecule has 31 nitrogen and oxygen atoms in total. The minimum atomic E-state index is -4.90. The van der Waals surface area contributed by atoms with Crippen LogP contribution in [0.5, 0.6) is 0 Å². The van der Waals surface area contributed by atoms with E-state index in [-0.39, 0.29) is 73.1 Å². The van der Waals surface area contributed by atoms with Crippen LogP contribution in [0.4, 0.5) is 74.7 Å². The zero-order valence-electron chi connectivity index (χ0n) is 40.7. The Kier molecular flexibility index (Phi) is 17.6. The molecule has 0 fully saturated rings. The second-order valence-electron chi connectivity index (χ2n) is 16.3. The largest absolute Gasteiger partial charge is 0.480 e. The molecule has 9 N–H and O–H groups in total. The molecule has 0 aliphatic carbocycles. The number of carbonyl (C=O) groups is 2. The summed E-state index contributed by atoms with van der Waals surface area (Å²) < 4.78 is 133. The zero-order valence-corrected chi connectivity index (χ0v) is 44.0. The molecule has 0 spiro atoms. The number of benzene rings is 6. The molecule has 0 aliphatic heterocycles. The second kappa shape index (κ2) is 24.1. The Morgan fingerprint density at radius 2 is 0.750 bits per heavy atom. The number of aryl methyl sites for hydroxylation is 2. The summed E-state index contributed by atoms with van der Waals surface area (Å²) in [6, 6.07) is 25.4. The molecule has 80 heavy (non-hydrogen) atoms. The Morgan fingerprint density at radius 3 is 1.09 bits per heavy atom. The van der Waals surface area contributed by atoms with Gasteiger partial charge in [-0.05, 0) is 146 Å². The number of aromatic nitrogens is 3. The minimum Gasteiger partial charge on any atom is -0.480 e. The molecule has 7 aromatic rings. The van der Waals surface area contributed by atoms with Crippen LogP contribution in [-0.2, 0) is 50.1 Å². The SMILES string of the molecule is Cc1cc(Nc2nc(Nc3ccc(/N=N\c4ccc(/N=N\c5ccc(S(=O)(=O)O)cc5)cc4S(=O)(=O)O)c(C)c3)nc(NN(CC(=O)O)CC(=O)O)n2)ccc1/N=N\c1ccc(/N=N\c2ccc(S(=O)(=O)O)cc2)cc1S(=O)(=O)O. The van der Waals surface area contributed by atoms with Crippen molar-refractivity contribution in [2.75, 3.05) is 29.1 Å². The topological polar surface area (TPSA) is 469 Å². The van der Waals surface area contributed by atoms with Gasteiger partial charge in [-0.15, -0.1) is 10.2 Å². The molecule has 35 heteroatoms. The molecule has 0 aliphatic rings. The molecule has 1 heterocycles. The third kappa shape index (κ3) is 16.4. The summed E-state index contributed by atoms with van der Waals surface area (Å²) in [6.07, 6.45) is 0. The molecular weight excluding hydrogens is 1130 g/mol. The van der Waals surface area contributed by atoms with Crippen molar-refractivity contribution in [2.45, 2.75) is 33.4 Å². The van der Waals surface area contributed by atoms with Crippen LogP contribution < -0.4 is 16.1 Å². The molecule has 0 radical (unpaired) electrons. The van der Waals surface area contributed by atoms with Gasteiger partial charge in [0.2, 0.25) is 17.8 Å². The number of carboxylic acid groups (broad SMARTS) is 2. The first-order chi connectivity index (χ1) is 37.5. The van der Waals surface area contributed by atoms with Crippen LogP contribution in [0.1, 0.15) is 11.1 Å². The van der Waals surface area contributed by atoms with Crippen LogP contribution in [0, 0.1) is 13.8 Å². The fourth-order valence-electron chi connectivity index (χ4n) is 6.61. The highest BCUT2D eigenvalue weighted by Gasteiger charge is 2.21. The summed E-state index contributed by atoms with van der Waals surface area (Å²) in [5.41, 5.74) is 4.28. The van der Waals surface area contributed by atoms with Gasteiger partial charge in [-0.3, -0.25) is 33.2 Å². The summed E-state index contributed by atoms with van der Waals surface area (Å²) in [5, 5.41) is 57.6. The van der Waals surface area contributed by atoms with Crippen molar-refractivity contribution in [3.05, 3.63) is 132 Å². The lowest BCUT2D eigenvalue weighted by Gasteiger charge is -2.20. The van der Waals surface area contributed by atoms with Crippen LogP contribution in [0.15, 0.2) is 182 Å². The standard InChI is InChI=1S/C45H39N15O16S4/c1-25-19-29(7-15-35(25)55-57-37-17-9-31(21-39(37)79(71,72)73)53-51-27-3-11-33(12-4-27)77(65,66)67)46-43-48-44(50-45(49-43)59-60(23-41(61)62)24-42(63)64)47-30-8-16-36(26(2)20-30)56-58-38-18-10-32(22-40(38)80(74,75)76)54-52-28-5-13-34(14-6-28)78(68,69)70/h3-22H,23-24H2,1-2H3,(H,61,62)(H,63,64)(H,65,66,67)(H,68,69,70)(H,71,72,73)(H,74,75,76)(H3,46,47,48,49,50,59)/b53-51-,54-52-,57-55-,58-56-. The Labute approximate surface area is 452 Å². The first-order valence-corrected chi connectivity index (χ1v) is 27.8. The van der Waals surface area contributed by atoms with Crippen molar-refractivity contribution in [3.63, 3.8) is 0 Å². The molecule has 0 unspecified atom stereocenters. The van der Waals surface area contributed by atoms with Gasteiger partial charge in [0, 0.05) is 11.4 Å². The van der Waals surface area contributed by atoms with Crippen molar-refractivity contribution >= 4 is 127 Å². The van der Waals surface area contributed by atoms with E-state index in [9.17, 15) is 71.7 Å². The smallest absolute Gasteiger partial charge is 0.319 e. The number of aliphatic carboxylic acids is 2. The quantitative estimate of drug-likeness (QED) is 0.0173. The molecule has 0 saturated heterocycles. The number of hydrogen-bond acceptors (Lipinski definition) is 25. The van der Waals surface area contributed by atoms with E-state index in [0.717, 1.165) is 41.4 Å². The highest BCUT2D eigenvalue weighted by atomic mass is 32.2. The summed E-state index contributed by atoms with van der Waals surface area (Å²) in [4.78, 5) is 34.1. The summed E-state index contributed by atoms with van der Waals surface area (Å²) >= 11 is 0. The average molecular weight is 1170 g/mol. The summed E-state index contributed by atoms with van der Waals surface area (Å²) in [5.74, 6) is -3.40. The van der Waals surface area contributed by atoms with E-state index >= 15 is 0 Å². The predicted octanol–water partition coefficient (Wildman–Crippen LogP) is 9.42. The lowest BCUT2D eigenvalue weighted by atomic mass is 10.2. The number of rotatable bonds is 22. The molecule has 0 atom stereocenters. The van der Waals surface area contributed by atoms with Crippen molar-refractivity contribution < 1.29 is 71.7 Å². The van der Waals surface area contributed by atoms with Gasteiger partial charge in [0.15, 0.2) is 0 Å². The average Bonchev–Trinajstić information content (AvgIpc) is 3.41. The Balaban J connectivity index is 1.10. The third-order valence-electron chi connectivity index (χ3n) is 10.3. The lowest BCUT2D eigenvalue weighted by molar-refractivity contribution is -0.141. The fourth-order valence-corrected chi connectivity index (χ4v) is 8.86.